The van der Waals surface area contributed by atoms with Crippen molar-refractivity contribution in [2.24, 2.45) is 0 Å². The number of hydrogen-bond donors (Lipinski definition) is 2. The first-order valence-electron chi connectivity index (χ1n) is 7.13. The number of amides is 1. The number of hydrazine groups is 1. The van der Waals surface area contributed by atoms with Crippen LogP contribution in [0.5, 0.6) is 0 Å². The Bertz CT molecular complexity index is 443. The SMILES string of the molecule is CCCNc1ccnc(C(=O)NN2CCN(C)CC2)c1. The Morgan fingerprint density at radius 1 is 1.35 bits per heavy atom. The normalized spacial score (nSPS) is 16.9. The lowest BCUT2D eigenvalue weighted by Crippen LogP contribution is -2.52. The minimum absolute atomic E-state index is 0.144. The zero-order chi connectivity index (χ0) is 14.4. The molecular formula is C14H23N5O. The molecule has 1 saturated heterocycles. The molecule has 0 unspecified atom stereocenters. The van der Waals surface area contributed by atoms with E-state index in [9.17, 15) is 4.79 Å². The molecule has 0 radical (unpaired) electrons. The Balaban J connectivity index is 1.91. The number of nitrogens with zero attached hydrogens (tertiary/aromatic N) is 3. The first kappa shape index (κ1) is 14.7. The molecule has 1 aromatic rings. The smallest absolute Gasteiger partial charge is 0.284 e. The number of nitrogens with one attached hydrogen (secondary N) is 2. The molecular weight excluding hydrogens is 254 g/mol. The van der Waals surface area contributed by atoms with Gasteiger partial charge in [-0.3, -0.25) is 15.2 Å². The van der Waals surface area contributed by atoms with Crippen molar-refractivity contribution in [1.29, 1.82) is 0 Å². The van der Waals surface area contributed by atoms with Crippen LogP contribution in [0.2, 0.25) is 0 Å². The van der Waals surface area contributed by atoms with Gasteiger partial charge in [0.15, 0.2) is 0 Å². The molecule has 1 fully saturated rings. The number of hydrogen-bond acceptors (Lipinski definition) is 5. The average Bonchev–Trinajstić information content (AvgIpc) is 2.48. The number of piperazine rings is 1. The Morgan fingerprint density at radius 3 is 2.80 bits per heavy atom. The van der Waals surface area contributed by atoms with Crippen molar-refractivity contribution in [3.8, 4) is 0 Å². The Labute approximate surface area is 120 Å². The van der Waals surface area contributed by atoms with Crippen molar-refractivity contribution in [2.45, 2.75) is 13.3 Å². The van der Waals surface area contributed by atoms with Gasteiger partial charge in [0.25, 0.3) is 5.91 Å². The molecule has 1 aromatic heterocycles. The number of anilines is 1. The van der Waals surface area contributed by atoms with Gasteiger partial charge in [-0.25, -0.2) is 5.01 Å². The van der Waals surface area contributed by atoms with Crippen LogP contribution in [0.15, 0.2) is 18.3 Å². The third-order valence-corrected chi connectivity index (χ3v) is 3.33. The Hall–Kier alpha value is -1.66. The molecule has 1 aliphatic rings. The zero-order valence-corrected chi connectivity index (χ0v) is 12.2. The van der Waals surface area contributed by atoms with Crippen LogP contribution in [0, 0.1) is 0 Å². The molecule has 0 atom stereocenters. The summed E-state index contributed by atoms with van der Waals surface area (Å²) in [6.45, 7) is 6.61. The van der Waals surface area contributed by atoms with Gasteiger partial charge >= 0.3 is 0 Å². The molecule has 6 heteroatoms. The summed E-state index contributed by atoms with van der Waals surface area (Å²) >= 11 is 0. The van der Waals surface area contributed by atoms with Crippen molar-refractivity contribution in [3.63, 3.8) is 0 Å². The number of carbonyl (C=O) groups is 1. The molecule has 0 spiro atoms. The maximum absolute atomic E-state index is 12.2. The van der Waals surface area contributed by atoms with E-state index in [-0.39, 0.29) is 5.91 Å². The summed E-state index contributed by atoms with van der Waals surface area (Å²) in [7, 11) is 2.09. The van der Waals surface area contributed by atoms with Gasteiger partial charge in [0.05, 0.1) is 0 Å². The van der Waals surface area contributed by atoms with Gasteiger partial charge in [-0.15, -0.1) is 0 Å². The number of rotatable bonds is 5. The number of likely N-dealkylation sites (N-methyl/N-ethyl adjacent to an activating group) is 1. The highest BCUT2D eigenvalue weighted by atomic mass is 16.2. The number of pyridine rings is 1. The Morgan fingerprint density at radius 2 is 2.10 bits per heavy atom. The summed E-state index contributed by atoms with van der Waals surface area (Å²) in [6.07, 6.45) is 2.71. The van der Waals surface area contributed by atoms with Crippen LogP contribution < -0.4 is 10.7 Å². The molecule has 2 heterocycles. The van der Waals surface area contributed by atoms with E-state index in [0.717, 1.165) is 44.8 Å². The second kappa shape index (κ2) is 7.21. The molecule has 6 nitrogen and oxygen atoms in total. The lowest BCUT2D eigenvalue weighted by Gasteiger charge is -2.32. The molecule has 0 aliphatic carbocycles. The fourth-order valence-electron chi connectivity index (χ4n) is 2.05. The first-order chi connectivity index (χ1) is 9.69. The van der Waals surface area contributed by atoms with Gasteiger partial charge in [-0.05, 0) is 25.6 Å². The van der Waals surface area contributed by atoms with Crippen molar-refractivity contribution in [1.82, 2.24) is 20.3 Å². The lowest BCUT2D eigenvalue weighted by molar-refractivity contribution is 0.0658. The molecule has 0 aromatic carbocycles. The molecule has 110 valence electrons. The quantitative estimate of drug-likeness (QED) is 0.833. The van der Waals surface area contributed by atoms with E-state index in [1.165, 1.54) is 0 Å². The van der Waals surface area contributed by atoms with Crippen molar-refractivity contribution >= 4 is 11.6 Å². The van der Waals surface area contributed by atoms with E-state index in [1.807, 2.05) is 11.1 Å². The highest BCUT2D eigenvalue weighted by molar-refractivity contribution is 5.92. The predicted octanol–water partition coefficient (Wildman–Crippen LogP) is 0.796. The first-order valence-corrected chi connectivity index (χ1v) is 7.13. The summed E-state index contributed by atoms with van der Waals surface area (Å²) in [5.74, 6) is -0.144. The molecule has 20 heavy (non-hydrogen) atoms. The maximum Gasteiger partial charge on any atom is 0.284 e. The number of aromatic nitrogens is 1. The molecule has 0 saturated carbocycles. The highest BCUT2D eigenvalue weighted by Gasteiger charge is 2.17. The van der Waals surface area contributed by atoms with E-state index in [0.29, 0.717) is 5.69 Å². The predicted molar refractivity (Wildman–Crippen MR) is 79.6 cm³/mol. The third kappa shape index (κ3) is 4.18. The van der Waals surface area contributed by atoms with E-state index in [2.05, 4.69) is 34.6 Å². The summed E-state index contributed by atoms with van der Waals surface area (Å²) in [6, 6.07) is 3.67. The van der Waals surface area contributed by atoms with Gasteiger partial charge < -0.3 is 10.2 Å². The van der Waals surface area contributed by atoms with Crippen molar-refractivity contribution in [2.75, 3.05) is 45.1 Å². The van der Waals surface area contributed by atoms with Crippen LogP contribution in [-0.2, 0) is 0 Å². The fraction of sp³-hybridized carbons (Fsp3) is 0.571. The van der Waals surface area contributed by atoms with E-state index >= 15 is 0 Å². The van der Waals surface area contributed by atoms with Gasteiger partial charge in [0.1, 0.15) is 5.69 Å². The van der Waals surface area contributed by atoms with Crippen LogP contribution in [0.25, 0.3) is 0 Å². The summed E-state index contributed by atoms with van der Waals surface area (Å²) in [5.41, 5.74) is 4.30. The van der Waals surface area contributed by atoms with Gasteiger partial charge in [-0.1, -0.05) is 6.92 Å². The number of carbonyl (C=O) groups excluding carboxylic acids is 1. The molecule has 1 aliphatic heterocycles. The van der Waals surface area contributed by atoms with Crippen molar-refractivity contribution < 1.29 is 4.79 Å². The second-order valence-electron chi connectivity index (χ2n) is 5.09. The molecule has 0 bridgehead atoms. The average molecular weight is 277 g/mol. The minimum atomic E-state index is -0.144. The van der Waals surface area contributed by atoms with Gasteiger partial charge in [0.2, 0.25) is 0 Å². The standard InChI is InChI=1S/C14H23N5O/c1-3-5-15-12-4-6-16-13(11-12)14(20)17-19-9-7-18(2)8-10-19/h4,6,11H,3,5,7-10H2,1-2H3,(H,15,16)(H,17,20). The largest absolute Gasteiger partial charge is 0.385 e. The van der Waals surface area contributed by atoms with Crippen LogP contribution in [0.3, 0.4) is 0 Å². The monoisotopic (exact) mass is 277 g/mol. The van der Waals surface area contributed by atoms with Crippen LogP contribution in [0.4, 0.5) is 5.69 Å². The third-order valence-electron chi connectivity index (χ3n) is 3.33. The topological polar surface area (TPSA) is 60.5 Å². The van der Waals surface area contributed by atoms with E-state index < -0.39 is 0 Å². The van der Waals surface area contributed by atoms with E-state index in [4.69, 9.17) is 0 Å². The van der Waals surface area contributed by atoms with Crippen LogP contribution >= 0.6 is 0 Å². The fourth-order valence-corrected chi connectivity index (χ4v) is 2.05. The van der Waals surface area contributed by atoms with Crippen LogP contribution in [-0.4, -0.2) is 60.6 Å². The van der Waals surface area contributed by atoms with Crippen molar-refractivity contribution in [3.05, 3.63) is 24.0 Å². The van der Waals surface area contributed by atoms with Gasteiger partial charge in [0, 0.05) is 44.6 Å². The Kier molecular flexibility index (Phi) is 5.31. The lowest BCUT2D eigenvalue weighted by atomic mass is 10.3. The summed E-state index contributed by atoms with van der Waals surface area (Å²) in [5, 5.41) is 5.21. The highest BCUT2D eigenvalue weighted by Crippen LogP contribution is 2.08. The maximum atomic E-state index is 12.2. The molecule has 2 rings (SSSR count). The van der Waals surface area contributed by atoms with Crippen LogP contribution in [0.1, 0.15) is 23.8 Å². The van der Waals surface area contributed by atoms with E-state index in [1.54, 1.807) is 12.3 Å². The summed E-state index contributed by atoms with van der Waals surface area (Å²) in [4.78, 5) is 18.5. The van der Waals surface area contributed by atoms with Gasteiger partial charge in [-0.2, -0.15) is 0 Å². The second-order valence-corrected chi connectivity index (χ2v) is 5.09. The molecule has 2 N–H and O–H groups in total. The zero-order valence-electron chi connectivity index (χ0n) is 12.2. The molecule has 1 amide bonds. The minimum Gasteiger partial charge on any atom is -0.385 e. The summed E-state index contributed by atoms with van der Waals surface area (Å²) < 4.78 is 0.